The van der Waals surface area contributed by atoms with E-state index in [2.05, 4.69) is 10.6 Å². The van der Waals surface area contributed by atoms with Crippen molar-refractivity contribution in [3.8, 4) is 11.5 Å². The lowest BCUT2D eigenvalue weighted by Crippen LogP contribution is -2.05. The molecule has 0 aromatic heterocycles. The Balaban J connectivity index is 1.73. The van der Waals surface area contributed by atoms with Gasteiger partial charge in [0.1, 0.15) is 5.69 Å². The van der Waals surface area contributed by atoms with Crippen LogP contribution in [0.3, 0.4) is 0 Å². The van der Waals surface area contributed by atoms with Gasteiger partial charge in [-0.2, -0.15) is 0 Å². The monoisotopic (exact) mass is 274 g/mol. The SMILES string of the molecule is c1ccc(Nc2cccc3c2Nc2ccccc2O3)cc1. The molecule has 2 N–H and O–H groups in total. The van der Waals surface area contributed by atoms with Gasteiger partial charge in [-0.05, 0) is 36.4 Å². The van der Waals surface area contributed by atoms with Crippen LogP contribution in [0.5, 0.6) is 11.5 Å². The summed E-state index contributed by atoms with van der Waals surface area (Å²) in [5.41, 5.74) is 3.98. The van der Waals surface area contributed by atoms with E-state index in [0.29, 0.717) is 0 Å². The number of nitrogens with one attached hydrogen (secondary N) is 2. The molecule has 1 heterocycles. The first-order chi connectivity index (χ1) is 10.4. The molecule has 0 bridgehead atoms. The lowest BCUT2D eigenvalue weighted by atomic mass is 10.1. The molecular formula is C18H14N2O. The topological polar surface area (TPSA) is 33.3 Å². The molecule has 3 aromatic rings. The number of hydrogen-bond acceptors (Lipinski definition) is 3. The zero-order chi connectivity index (χ0) is 14.1. The number of benzene rings is 3. The first kappa shape index (κ1) is 11.9. The molecule has 3 nitrogen and oxygen atoms in total. The molecule has 4 rings (SSSR count). The number of fused-ring (bicyclic) bond motifs is 2. The minimum absolute atomic E-state index is 0.828. The van der Waals surface area contributed by atoms with Crippen LogP contribution in [-0.2, 0) is 0 Å². The zero-order valence-electron chi connectivity index (χ0n) is 11.3. The maximum Gasteiger partial charge on any atom is 0.153 e. The van der Waals surface area contributed by atoms with Gasteiger partial charge in [-0.15, -0.1) is 0 Å². The molecule has 0 atom stereocenters. The van der Waals surface area contributed by atoms with E-state index >= 15 is 0 Å². The van der Waals surface area contributed by atoms with E-state index in [0.717, 1.165) is 34.2 Å². The summed E-state index contributed by atoms with van der Waals surface area (Å²) >= 11 is 0. The highest BCUT2D eigenvalue weighted by Crippen LogP contribution is 2.45. The van der Waals surface area contributed by atoms with Crippen LogP contribution in [0.2, 0.25) is 0 Å². The molecule has 0 saturated heterocycles. The summed E-state index contributed by atoms with van der Waals surface area (Å²) in [6.45, 7) is 0. The Morgan fingerprint density at radius 1 is 0.714 bits per heavy atom. The van der Waals surface area contributed by atoms with E-state index in [1.807, 2.05) is 72.8 Å². The van der Waals surface area contributed by atoms with E-state index in [9.17, 15) is 0 Å². The highest BCUT2D eigenvalue weighted by Gasteiger charge is 2.18. The van der Waals surface area contributed by atoms with Crippen LogP contribution in [0.4, 0.5) is 22.7 Å². The third-order valence-electron chi connectivity index (χ3n) is 3.45. The Hall–Kier alpha value is -2.94. The molecule has 0 radical (unpaired) electrons. The number of hydrogen-bond donors (Lipinski definition) is 2. The highest BCUT2D eigenvalue weighted by atomic mass is 16.5. The van der Waals surface area contributed by atoms with E-state index in [-0.39, 0.29) is 0 Å². The largest absolute Gasteiger partial charge is 0.453 e. The summed E-state index contributed by atoms with van der Waals surface area (Å²) in [5, 5.41) is 6.86. The van der Waals surface area contributed by atoms with Gasteiger partial charge in [0.15, 0.2) is 11.5 Å². The van der Waals surface area contributed by atoms with Gasteiger partial charge in [0, 0.05) is 5.69 Å². The van der Waals surface area contributed by atoms with E-state index in [4.69, 9.17) is 4.74 Å². The average Bonchev–Trinajstić information content (AvgIpc) is 2.54. The Bertz CT molecular complexity index is 784. The van der Waals surface area contributed by atoms with Crippen molar-refractivity contribution in [2.24, 2.45) is 0 Å². The van der Waals surface area contributed by atoms with Gasteiger partial charge >= 0.3 is 0 Å². The first-order valence-electron chi connectivity index (χ1n) is 6.89. The number of para-hydroxylation sites is 4. The maximum atomic E-state index is 5.95. The second-order valence-electron chi connectivity index (χ2n) is 4.89. The molecule has 0 unspecified atom stereocenters. The smallest absolute Gasteiger partial charge is 0.153 e. The second kappa shape index (κ2) is 4.87. The lowest BCUT2D eigenvalue weighted by molar-refractivity contribution is 0.481. The molecule has 0 saturated carbocycles. The maximum absolute atomic E-state index is 5.95. The normalized spacial score (nSPS) is 11.6. The summed E-state index contributed by atoms with van der Waals surface area (Å²) in [7, 11) is 0. The van der Waals surface area contributed by atoms with Crippen molar-refractivity contribution in [3.63, 3.8) is 0 Å². The predicted molar refractivity (Wildman–Crippen MR) is 86.0 cm³/mol. The van der Waals surface area contributed by atoms with Gasteiger partial charge in [0.2, 0.25) is 0 Å². The van der Waals surface area contributed by atoms with Crippen LogP contribution in [0.25, 0.3) is 0 Å². The van der Waals surface area contributed by atoms with Crippen LogP contribution in [0, 0.1) is 0 Å². The minimum Gasteiger partial charge on any atom is -0.453 e. The first-order valence-corrected chi connectivity index (χ1v) is 6.89. The molecular weight excluding hydrogens is 260 g/mol. The molecule has 3 aromatic carbocycles. The fourth-order valence-corrected chi connectivity index (χ4v) is 2.44. The van der Waals surface area contributed by atoms with Gasteiger partial charge in [-0.25, -0.2) is 0 Å². The fourth-order valence-electron chi connectivity index (χ4n) is 2.44. The molecule has 0 spiro atoms. The van der Waals surface area contributed by atoms with Crippen molar-refractivity contribution >= 4 is 22.7 Å². The number of rotatable bonds is 2. The zero-order valence-corrected chi connectivity index (χ0v) is 11.3. The summed E-state index contributed by atoms with van der Waals surface area (Å²) < 4.78 is 5.95. The third kappa shape index (κ3) is 2.19. The third-order valence-corrected chi connectivity index (χ3v) is 3.45. The molecule has 0 amide bonds. The van der Waals surface area contributed by atoms with Gasteiger partial charge in [-0.3, -0.25) is 0 Å². The number of anilines is 4. The second-order valence-corrected chi connectivity index (χ2v) is 4.89. The summed E-state index contributed by atoms with van der Waals surface area (Å²) in [6, 6.07) is 24.0. The Kier molecular flexibility index (Phi) is 2.75. The van der Waals surface area contributed by atoms with E-state index in [1.54, 1.807) is 0 Å². The Morgan fingerprint density at radius 3 is 2.38 bits per heavy atom. The molecule has 1 aliphatic heterocycles. The summed E-state index contributed by atoms with van der Waals surface area (Å²) in [5.74, 6) is 1.68. The predicted octanol–water partition coefficient (Wildman–Crippen LogP) is 5.28. The van der Waals surface area contributed by atoms with Gasteiger partial charge in [0.25, 0.3) is 0 Å². The molecule has 0 fully saturated rings. The van der Waals surface area contributed by atoms with E-state index in [1.165, 1.54) is 0 Å². The molecule has 21 heavy (non-hydrogen) atoms. The molecule has 102 valence electrons. The van der Waals surface area contributed by atoms with Crippen molar-refractivity contribution in [1.29, 1.82) is 0 Å². The lowest BCUT2D eigenvalue weighted by Gasteiger charge is -2.24. The van der Waals surface area contributed by atoms with Crippen LogP contribution in [0.1, 0.15) is 0 Å². The highest BCUT2D eigenvalue weighted by molar-refractivity contribution is 5.86. The standard InChI is InChI=1S/C18H14N2O/c1-2-7-13(8-3-1)19-15-10-6-12-17-18(15)20-14-9-4-5-11-16(14)21-17/h1-12,19-20H. The van der Waals surface area contributed by atoms with Crippen LogP contribution < -0.4 is 15.4 Å². The average molecular weight is 274 g/mol. The van der Waals surface area contributed by atoms with Crippen LogP contribution in [0.15, 0.2) is 72.8 Å². The van der Waals surface area contributed by atoms with Crippen molar-refractivity contribution in [2.45, 2.75) is 0 Å². The van der Waals surface area contributed by atoms with Crippen molar-refractivity contribution in [1.82, 2.24) is 0 Å². The van der Waals surface area contributed by atoms with Gasteiger partial charge < -0.3 is 15.4 Å². The quantitative estimate of drug-likeness (QED) is 0.521. The van der Waals surface area contributed by atoms with Crippen molar-refractivity contribution in [2.75, 3.05) is 10.6 Å². The molecule has 0 aliphatic carbocycles. The van der Waals surface area contributed by atoms with Gasteiger partial charge in [-0.1, -0.05) is 36.4 Å². The van der Waals surface area contributed by atoms with Gasteiger partial charge in [0.05, 0.1) is 11.4 Å². The van der Waals surface area contributed by atoms with Crippen LogP contribution >= 0.6 is 0 Å². The van der Waals surface area contributed by atoms with E-state index < -0.39 is 0 Å². The van der Waals surface area contributed by atoms with Crippen molar-refractivity contribution in [3.05, 3.63) is 72.8 Å². The summed E-state index contributed by atoms with van der Waals surface area (Å²) in [6.07, 6.45) is 0. The van der Waals surface area contributed by atoms with Crippen molar-refractivity contribution < 1.29 is 4.74 Å². The van der Waals surface area contributed by atoms with Crippen LogP contribution in [-0.4, -0.2) is 0 Å². The minimum atomic E-state index is 0.828. The Morgan fingerprint density at radius 2 is 1.48 bits per heavy atom. The molecule has 3 heteroatoms. The summed E-state index contributed by atoms with van der Waals surface area (Å²) in [4.78, 5) is 0. The fraction of sp³-hybridized carbons (Fsp3) is 0. The Labute approximate surface area is 123 Å². The number of ether oxygens (including phenoxy) is 1. The molecule has 1 aliphatic rings.